The van der Waals surface area contributed by atoms with E-state index in [1.54, 1.807) is 18.2 Å². The maximum atomic E-state index is 12.1. The zero-order chi connectivity index (χ0) is 14.7. The summed E-state index contributed by atoms with van der Waals surface area (Å²) >= 11 is 1.29. The lowest BCUT2D eigenvalue weighted by atomic mass is 9.94. The van der Waals surface area contributed by atoms with E-state index in [2.05, 4.69) is 4.99 Å². The number of ketones is 1. The third-order valence-corrected chi connectivity index (χ3v) is 4.14. The van der Waals surface area contributed by atoms with E-state index in [1.165, 1.54) is 11.3 Å². The van der Waals surface area contributed by atoms with E-state index in [1.807, 2.05) is 14.1 Å². The molecule has 0 saturated carbocycles. The molecule has 6 heteroatoms. The number of ether oxygens (including phenoxy) is 1. The predicted molar refractivity (Wildman–Crippen MR) is 79.4 cm³/mol. The second kappa shape index (κ2) is 6.17. The number of rotatable bonds is 4. The van der Waals surface area contributed by atoms with Crippen molar-refractivity contribution < 1.29 is 14.3 Å². The molecule has 0 amide bonds. The molecule has 0 fully saturated rings. The van der Waals surface area contributed by atoms with E-state index >= 15 is 0 Å². The Morgan fingerprint density at radius 3 is 2.85 bits per heavy atom. The molecule has 0 aromatic carbocycles. The molecule has 2 rings (SSSR count). The van der Waals surface area contributed by atoms with Crippen LogP contribution < -0.4 is 0 Å². The highest BCUT2D eigenvalue weighted by molar-refractivity contribution is 7.18. The molecule has 0 aliphatic heterocycles. The summed E-state index contributed by atoms with van der Waals surface area (Å²) < 4.78 is 5.10. The Morgan fingerprint density at radius 1 is 1.45 bits per heavy atom. The standard InChI is InChI=1S/C14H18N2O3S/c1-4-19-14(18)11-9-6-5-7-10(17)12(9)20-13(11)15-8-16(2)3/h8H,4-7H2,1-3H3. The van der Waals surface area contributed by atoms with Crippen molar-refractivity contribution in [2.45, 2.75) is 26.2 Å². The third-order valence-electron chi connectivity index (χ3n) is 2.96. The number of hydrogen-bond acceptors (Lipinski definition) is 5. The zero-order valence-corrected chi connectivity index (χ0v) is 12.7. The number of thiophene rings is 1. The van der Waals surface area contributed by atoms with E-state index in [0.29, 0.717) is 28.5 Å². The lowest BCUT2D eigenvalue weighted by molar-refractivity contribution is 0.0526. The van der Waals surface area contributed by atoms with Crippen LogP contribution in [0.25, 0.3) is 0 Å². The third kappa shape index (κ3) is 2.90. The van der Waals surface area contributed by atoms with Crippen molar-refractivity contribution in [3.63, 3.8) is 0 Å². The summed E-state index contributed by atoms with van der Waals surface area (Å²) in [4.78, 5) is 30.9. The molecule has 1 aromatic rings. The highest BCUT2D eigenvalue weighted by atomic mass is 32.1. The van der Waals surface area contributed by atoms with Gasteiger partial charge < -0.3 is 9.64 Å². The van der Waals surface area contributed by atoms with Gasteiger partial charge in [-0.15, -0.1) is 11.3 Å². The summed E-state index contributed by atoms with van der Waals surface area (Å²) in [6, 6.07) is 0. The van der Waals surface area contributed by atoms with Gasteiger partial charge in [-0.25, -0.2) is 9.79 Å². The van der Waals surface area contributed by atoms with Gasteiger partial charge in [0.15, 0.2) is 5.78 Å². The van der Waals surface area contributed by atoms with E-state index < -0.39 is 0 Å². The zero-order valence-electron chi connectivity index (χ0n) is 11.9. The Morgan fingerprint density at radius 2 is 2.20 bits per heavy atom. The van der Waals surface area contributed by atoms with E-state index in [0.717, 1.165) is 18.4 Å². The van der Waals surface area contributed by atoms with Crippen molar-refractivity contribution >= 4 is 34.4 Å². The van der Waals surface area contributed by atoms with Gasteiger partial charge in [0, 0.05) is 20.5 Å². The highest BCUT2D eigenvalue weighted by Gasteiger charge is 2.29. The minimum absolute atomic E-state index is 0.105. The SMILES string of the molecule is CCOC(=O)c1c(N=CN(C)C)sc2c1CCCC2=O. The second-order valence-corrected chi connectivity index (χ2v) is 5.79. The molecule has 0 N–H and O–H groups in total. The first-order chi connectivity index (χ1) is 9.54. The van der Waals surface area contributed by atoms with E-state index in [9.17, 15) is 9.59 Å². The summed E-state index contributed by atoms with van der Waals surface area (Å²) in [6.45, 7) is 2.08. The smallest absolute Gasteiger partial charge is 0.341 e. The average Bonchev–Trinajstić information content (AvgIpc) is 2.76. The molecule has 0 radical (unpaired) electrons. The first kappa shape index (κ1) is 14.7. The maximum Gasteiger partial charge on any atom is 0.341 e. The molecule has 0 unspecified atom stereocenters. The number of carbonyl (C=O) groups is 2. The molecule has 1 aliphatic carbocycles. The number of aliphatic imine (C=N–C) groups is 1. The number of fused-ring (bicyclic) bond motifs is 1. The van der Waals surface area contributed by atoms with Crippen molar-refractivity contribution in [3.05, 3.63) is 16.0 Å². The van der Waals surface area contributed by atoms with Crippen molar-refractivity contribution in [1.29, 1.82) is 0 Å². The topological polar surface area (TPSA) is 59.0 Å². The second-order valence-electron chi connectivity index (χ2n) is 4.80. The number of esters is 1. The van der Waals surface area contributed by atoms with Crippen LogP contribution in [0.5, 0.6) is 0 Å². The van der Waals surface area contributed by atoms with Crippen LogP contribution in [0.2, 0.25) is 0 Å². The number of carbonyl (C=O) groups excluding carboxylic acids is 2. The van der Waals surface area contributed by atoms with Gasteiger partial charge in [0.25, 0.3) is 0 Å². The van der Waals surface area contributed by atoms with Crippen LogP contribution in [0.3, 0.4) is 0 Å². The van der Waals surface area contributed by atoms with E-state index in [-0.39, 0.29) is 11.8 Å². The van der Waals surface area contributed by atoms with Crippen LogP contribution in [0, 0.1) is 0 Å². The van der Waals surface area contributed by atoms with Crippen molar-refractivity contribution in [2.75, 3.05) is 20.7 Å². The lowest BCUT2D eigenvalue weighted by Crippen LogP contribution is -2.13. The molecule has 1 aromatic heterocycles. The first-order valence-corrected chi connectivity index (χ1v) is 7.42. The summed E-state index contributed by atoms with van der Waals surface area (Å²) in [6.07, 6.45) is 3.70. The van der Waals surface area contributed by atoms with Gasteiger partial charge in [-0.3, -0.25) is 4.79 Å². The Labute approximate surface area is 122 Å². The van der Waals surface area contributed by atoms with Gasteiger partial charge in [-0.1, -0.05) is 0 Å². The summed E-state index contributed by atoms with van der Waals surface area (Å²) in [5.74, 6) is -0.279. The summed E-state index contributed by atoms with van der Waals surface area (Å²) in [5, 5.41) is 0.567. The van der Waals surface area contributed by atoms with Gasteiger partial charge in [0.05, 0.1) is 17.8 Å². The molecule has 0 spiro atoms. The maximum absolute atomic E-state index is 12.1. The van der Waals surface area contributed by atoms with Crippen LogP contribution in [0.15, 0.2) is 4.99 Å². The van der Waals surface area contributed by atoms with Crippen LogP contribution >= 0.6 is 11.3 Å². The largest absolute Gasteiger partial charge is 0.462 e. The van der Waals surface area contributed by atoms with Crippen LogP contribution in [0.4, 0.5) is 5.00 Å². The molecule has 5 nitrogen and oxygen atoms in total. The minimum atomic E-state index is -0.384. The molecule has 108 valence electrons. The summed E-state index contributed by atoms with van der Waals surface area (Å²) in [7, 11) is 3.71. The van der Waals surface area contributed by atoms with Crippen LogP contribution in [-0.4, -0.2) is 43.7 Å². The molecule has 1 heterocycles. The molecule has 0 atom stereocenters. The fraction of sp³-hybridized carbons (Fsp3) is 0.500. The van der Waals surface area contributed by atoms with Crippen molar-refractivity contribution in [3.8, 4) is 0 Å². The fourth-order valence-electron chi connectivity index (χ4n) is 2.13. The van der Waals surface area contributed by atoms with Gasteiger partial charge in [0.2, 0.25) is 0 Å². The molecular weight excluding hydrogens is 276 g/mol. The minimum Gasteiger partial charge on any atom is -0.462 e. The molecular formula is C14H18N2O3S. The molecule has 1 aliphatic rings. The summed E-state index contributed by atoms with van der Waals surface area (Å²) in [5.41, 5.74) is 1.29. The van der Waals surface area contributed by atoms with Gasteiger partial charge in [-0.2, -0.15) is 0 Å². The first-order valence-electron chi connectivity index (χ1n) is 6.61. The highest BCUT2D eigenvalue weighted by Crippen LogP contribution is 2.40. The van der Waals surface area contributed by atoms with Gasteiger partial charge >= 0.3 is 5.97 Å². The Hall–Kier alpha value is -1.69. The quantitative estimate of drug-likeness (QED) is 0.486. The Kier molecular flexibility index (Phi) is 4.54. The fourth-order valence-corrected chi connectivity index (χ4v) is 3.27. The molecule has 0 saturated heterocycles. The number of hydrogen-bond donors (Lipinski definition) is 0. The van der Waals surface area contributed by atoms with Crippen molar-refractivity contribution in [1.82, 2.24) is 4.90 Å². The lowest BCUT2D eigenvalue weighted by Gasteiger charge is -2.11. The van der Waals surface area contributed by atoms with Crippen LogP contribution in [-0.2, 0) is 11.2 Å². The molecule has 20 heavy (non-hydrogen) atoms. The number of nitrogens with zero attached hydrogens (tertiary/aromatic N) is 2. The van der Waals surface area contributed by atoms with E-state index in [4.69, 9.17) is 4.74 Å². The van der Waals surface area contributed by atoms with Crippen LogP contribution in [0.1, 0.15) is 45.4 Å². The normalized spacial score (nSPS) is 14.4. The number of Topliss-reactive ketones (excluding diaryl/α,β-unsaturated/α-hetero) is 1. The monoisotopic (exact) mass is 294 g/mol. The van der Waals surface area contributed by atoms with Crippen molar-refractivity contribution in [2.24, 2.45) is 4.99 Å². The average molecular weight is 294 g/mol. The molecule has 0 bridgehead atoms. The Bertz CT molecular complexity index is 561. The van der Waals surface area contributed by atoms with Gasteiger partial charge in [0.1, 0.15) is 10.6 Å². The predicted octanol–water partition coefficient (Wildman–Crippen LogP) is 2.67. The Balaban J connectivity index is 2.49. The van der Waals surface area contributed by atoms with Gasteiger partial charge in [-0.05, 0) is 25.3 Å².